The number of carboxylic acid groups (broad SMARTS) is 1. The first-order valence-electron chi connectivity index (χ1n) is 5.70. The number of hydrogen-bond donors (Lipinski definition) is 2. The molecule has 0 aromatic carbocycles. The van der Waals surface area contributed by atoms with Gasteiger partial charge in [0.1, 0.15) is 0 Å². The van der Waals surface area contributed by atoms with Crippen LogP contribution >= 0.6 is 0 Å². The number of rotatable bonds is 5. The molecule has 2 N–H and O–H groups in total. The molecule has 0 spiro atoms. The Morgan fingerprint density at radius 2 is 2.28 bits per heavy atom. The second-order valence-electron chi connectivity index (χ2n) is 4.30. The van der Waals surface area contributed by atoms with Gasteiger partial charge in [0.25, 0.3) is 0 Å². The van der Waals surface area contributed by atoms with Crippen molar-refractivity contribution in [3.63, 3.8) is 0 Å². The van der Waals surface area contributed by atoms with Crippen LogP contribution in [0, 0.1) is 16.0 Å². The highest BCUT2D eigenvalue weighted by molar-refractivity contribution is 5.86. The highest BCUT2D eigenvalue weighted by Crippen LogP contribution is 2.28. The number of nitro groups is 1. The van der Waals surface area contributed by atoms with Gasteiger partial charge in [-0.15, -0.1) is 0 Å². The molecule has 0 amide bonds. The lowest BCUT2D eigenvalue weighted by atomic mass is 9.85. The lowest BCUT2D eigenvalue weighted by Gasteiger charge is -2.25. The van der Waals surface area contributed by atoms with E-state index in [1.807, 2.05) is 0 Å². The standard InChI is InChI=1S/C11H13N3O4/c15-11(16)8-4-5-9(14(17)18)10(13-8)12-6-7-2-1-3-7/h4-5,7H,1-3,6H2,(H,12,13)(H,15,16). The highest BCUT2D eigenvalue weighted by atomic mass is 16.6. The van der Waals surface area contributed by atoms with Crippen molar-refractivity contribution in [3.8, 4) is 0 Å². The molecule has 1 heterocycles. The normalized spacial score (nSPS) is 14.9. The molecule has 2 rings (SSSR count). The summed E-state index contributed by atoms with van der Waals surface area (Å²) in [6.07, 6.45) is 3.37. The SMILES string of the molecule is O=C(O)c1ccc([N+](=O)[O-])c(NCC2CCC2)n1. The molecule has 1 aliphatic rings. The summed E-state index contributed by atoms with van der Waals surface area (Å²) < 4.78 is 0. The van der Waals surface area contributed by atoms with Gasteiger partial charge in [-0.2, -0.15) is 0 Å². The molecule has 0 aliphatic heterocycles. The van der Waals surface area contributed by atoms with Crippen LogP contribution in [0.1, 0.15) is 29.8 Å². The number of hydrogen-bond acceptors (Lipinski definition) is 5. The first-order valence-corrected chi connectivity index (χ1v) is 5.70. The van der Waals surface area contributed by atoms with Gasteiger partial charge in [-0.05, 0) is 24.8 Å². The van der Waals surface area contributed by atoms with Gasteiger partial charge in [0, 0.05) is 12.6 Å². The van der Waals surface area contributed by atoms with Gasteiger partial charge in [-0.3, -0.25) is 10.1 Å². The number of nitrogens with one attached hydrogen (secondary N) is 1. The van der Waals surface area contributed by atoms with Crippen molar-refractivity contribution in [2.24, 2.45) is 5.92 Å². The van der Waals surface area contributed by atoms with Crippen LogP contribution in [0.5, 0.6) is 0 Å². The largest absolute Gasteiger partial charge is 0.477 e. The van der Waals surface area contributed by atoms with E-state index in [4.69, 9.17) is 5.11 Å². The van der Waals surface area contributed by atoms with E-state index in [9.17, 15) is 14.9 Å². The van der Waals surface area contributed by atoms with Crippen molar-refractivity contribution < 1.29 is 14.8 Å². The lowest BCUT2D eigenvalue weighted by Crippen LogP contribution is -2.22. The Hall–Kier alpha value is -2.18. The maximum Gasteiger partial charge on any atom is 0.354 e. The zero-order chi connectivity index (χ0) is 13.1. The maximum atomic E-state index is 10.8. The lowest BCUT2D eigenvalue weighted by molar-refractivity contribution is -0.384. The van der Waals surface area contributed by atoms with E-state index < -0.39 is 10.9 Å². The van der Waals surface area contributed by atoms with Gasteiger partial charge in [0.05, 0.1) is 4.92 Å². The fraction of sp³-hybridized carbons (Fsp3) is 0.455. The van der Waals surface area contributed by atoms with Gasteiger partial charge in [-0.25, -0.2) is 9.78 Å². The summed E-state index contributed by atoms with van der Waals surface area (Å²) >= 11 is 0. The quantitative estimate of drug-likeness (QED) is 0.611. The van der Waals surface area contributed by atoms with E-state index in [1.165, 1.54) is 12.5 Å². The Kier molecular flexibility index (Phi) is 3.40. The predicted octanol–water partition coefficient (Wildman–Crippen LogP) is 1.90. The van der Waals surface area contributed by atoms with Crippen LogP contribution in [0.25, 0.3) is 0 Å². The monoisotopic (exact) mass is 251 g/mol. The molecule has 1 fully saturated rings. The van der Waals surface area contributed by atoms with Gasteiger partial charge < -0.3 is 10.4 Å². The molecule has 0 bridgehead atoms. The topological polar surface area (TPSA) is 105 Å². The Morgan fingerprint density at radius 1 is 1.56 bits per heavy atom. The second kappa shape index (κ2) is 4.99. The molecular weight excluding hydrogens is 238 g/mol. The van der Waals surface area contributed by atoms with Crippen molar-refractivity contribution in [3.05, 3.63) is 27.9 Å². The number of pyridine rings is 1. The van der Waals surface area contributed by atoms with Gasteiger partial charge >= 0.3 is 11.7 Å². The maximum absolute atomic E-state index is 10.8. The Balaban J connectivity index is 2.19. The molecular formula is C11H13N3O4. The molecule has 1 saturated carbocycles. The van der Waals surface area contributed by atoms with E-state index >= 15 is 0 Å². The van der Waals surface area contributed by atoms with Gasteiger partial charge in [0.2, 0.25) is 5.82 Å². The van der Waals surface area contributed by atoms with Crippen LogP contribution in [0.3, 0.4) is 0 Å². The zero-order valence-corrected chi connectivity index (χ0v) is 9.63. The summed E-state index contributed by atoms with van der Waals surface area (Å²) in [5.41, 5.74) is -0.393. The van der Waals surface area contributed by atoms with Crippen molar-refractivity contribution in [1.82, 2.24) is 4.98 Å². The van der Waals surface area contributed by atoms with Crippen LogP contribution in [0.4, 0.5) is 11.5 Å². The first kappa shape index (κ1) is 12.3. The van der Waals surface area contributed by atoms with Crippen molar-refractivity contribution in [1.29, 1.82) is 0 Å². The van der Waals surface area contributed by atoms with Crippen molar-refractivity contribution in [2.45, 2.75) is 19.3 Å². The molecule has 0 radical (unpaired) electrons. The van der Waals surface area contributed by atoms with Crippen molar-refractivity contribution in [2.75, 3.05) is 11.9 Å². The van der Waals surface area contributed by atoms with Gasteiger partial charge in [-0.1, -0.05) is 6.42 Å². The Bertz CT molecular complexity index is 485. The third-order valence-electron chi connectivity index (χ3n) is 3.07. The summed E-state index contributed by atoms with van der Waals surface area (Å²) in [5.74, 6) is -0.664. The van der Waals surface area contributed by atoms with Crippen LogP contribution in [-0.2, 0) is 0 Å². The number of anilines is 1. The molecule has 7 heteroatoms. The summed E-state index contributed by atoms with van der Waals surface area (Å²) in [6, 6.07) is 2.30. The molecule has 0 atom stereocenters. The number of carboxylic acids is 1. The summed E-state index contributed by atoms with van der Waals surface area (Å²) in [7, 11) is 0. The molecule has 18 heavy (non-hydrogen) atoms. The Morgan fingerprint density at radius 3 is 2.78 bits per heavy atom. The Labute approximate surface area is 103 Å². The fourth-order valence-corrected chi connectivity index (χ4v) is 1.79. The number of aromatic nitrogens is 1. The minimum atomic E-state index is -1.20. The third-order valence-corrected chi connectivity index (χ3v) is 3.07. The van der Waals surface area contributed by atoms with Gasteiger partial charge in [0.15, 0.2) is 5.69 Å². The minimum absolute atomic E-state index is 0.0341. The van der Waals surface area contributed by atoms with E-state index in [1.54, 1.807) is 0 Å². The molecule has 7 nitrogen and oxygen atoms in total. The van der Waals surface area contributed by atoms with E-state index in [-0.39, 0.29) is 17.2 Å². The molecule has 1 aromatic heterocycles. The van der Waals surface area contributed by atoms with Crippen LogP contribution in [-0.4, -0.2) is 27.5 Å². The smallest absolute Gasteiger partial charge is 0.354 e. The summed E-state index contributed by atoms with van der Waals surface area (Å²) in [6.45, 7) is 0.594. The molecule has 1 aromatic rings. The average Bonchev–Trinajstić information content (AvgIpc) is 2.26. The molecule has 1 aliphatic carbocycles. The second-order valence-corrected chi connectivity index (χ2v) is 4.30. The number of aromatic carboxylic acids is 1. The van der Waals surface area contributed by atoms with Crippen LogP contribution in [0.15, 0.2) is 12.1 Å². The number of carbonyl (C=O) groups is 1. The predicted molar refractivity (Wildman–Crippen MR) is 63.7 cm³/mol. The molecule has 0 saturated heterocycles. The minimum Gasteiger partial charge on any atom is -0.477 e. The average molecular weight is 251 g/mol. The first-order chi connectivity index (χ1) is 8.58. The summed E-state index contributed by atoms with van der Waals surface area (Å²) in [4.78, 5) is 24.8. The van der Waals surface area contributed by atoms with Crippen LogP contribution in [0.2, 0.25) is 0 Å². The fourth-order valence-electron chi connectivity index (χ4n) is 1.79. The molecule has 0 unspecified atom stereocenters. The van der Waals surface area contributed by atoms with Crippen LogP contribution < -0.4 is 5.32 Å². The van der Waals surface area contributed by atoms with E-state index in [0.29, 0.717) is 12.5 Å². The van der Waals surface area contributed by atoms with E-state index in [2.05, 4.69) is 10.3 Å². The highest BCUT2D eigenvalue weighted by Gasteiger charge is 2.21. The van der Waals surface area contributed by atoms with E-state index in [0.717, 1.165) is 18.9 Å². The zero-order valence-electron chi connectivity index (χ0n) is 9.63. The third kappa shape index (κ3) is 2.55. The number of nitrogens with zero attached hydrogens (tertiary/aromatic N) is 2. The molecule has 96 valence electrons. The summed E-state index contributed by atoms with van der Waals surface area (Å²) in [5, 5.41) is 22.5. The van der Waals surface area contributed by atoms with Crippen molar-refractivity contribution >= 4 is 17.5 Å².